The molecule has 0 saturated heterocycles. The van der Waals surface area contributed by atoms with Crippen molar-refractivity contribution in [1.82, 2.24) is 9.99 Å². The Labute approximate surface area is 182 Å². The van der Waals surface area contributed by atoms with Crippen LogP contribution in [0.3, 0.4) is 0 Å². The topological polar surface area (TPSA) is 74.1 Å². The number of hydrogen-bond acceptors (Lipinski definition) is 6. The number of nitrogens with one attached hydrogen (secondary N) is 1. The number of ether oxygens (including phenoxy) is 3. The quantitative estimate of drug-likeness (QED) is 0.338. The highest BCUT2D eigenvalue weighted by Gasteiger charge is 2.11. The zero-order valence-electron chi connectivity index (χ0n) is 18.4. The van der Waals surface area contributed by atoms with E-state index in [1.54, 1.807) is 26.4 Å². The number of hydrazone groups is 1. The molecule has 162 valence electrons. The molecule has 0 atom stereocenters. The summed E-state index contributed by atoms with van der Waals surface area (Å²) in [5.74, 6) is 1.04. The summed E-state index contributed by atoms with van der Waals surface area (Å²) in [7, 11) is 4.61. The number of benzene rings is 2. The third-order valence-corrected chi connectivity index (χ3v) is 5.04. The first-order valence-electron chi connectivity index (χ1n) is 9.83. The molecule has 3 aromatic rings. The number of nitrogens with zero attached hydrogens (tertiary/aromatic N) is 2. The van der Waals surface area contributed by atoms with Crippen molar-refractivity contribution in [2.75, 3.05) is 21.3 Å². The normalized spacial score (nSPS) is 10.9. The van der Waals surface area contributed by atoms with Gasteiger partial charge in [-0.2, -0.15) is 5.10 Å². The lowest BCUT2D eigenvalue weighted by molar-refractivity contribution is 0.0600. The maximum Gasteiger partial charge on any atom is 0.337 e. The number of carbonyl (C=O) groups is 1. The molecule has 0 aliphatic carbocycles. The van der Waals surface area contributed by atoms with E-state index in [0.717, 1.165) is 28.2 Å². The van der Waals surface area contributed by atoms with Gasteiger partial charge in [0, 0.05) is 22.6 Å². The summed E-state index contributed by atoms with van der Waals surface area (Å²) < 4.78 is 17.5. The van der Waals surface area contributed by atoms with Crippen molar-refractivity contribution in [2.45, 2.75) is 20.4 Å². The molecule has 0 radical (unpaired) electrons. The zero-order valence-corrected chi connectivity index (χ0v) is 18.4. The lowest BCUT2D eigenvalue weighted by Crippen LogP contribution is -2.06. The van der Waals surface area contributed by atoms with E-state index < -0.39 is 0 Å². The summed E-state index contributed by atoms with van der Waals surface area (Å²) in [4.78, 5) is 11.6. The second-order valence-electron chi connectivity index (χ2n) is 6.98. The number of methoxy groups -OCH3 is 3. The summed E-state index contributed by atoms with van der Waals surface area (Å²) in [5.41, 5.74) is 8.74. The van der Waals surface area contributed by atoms with Crippen LogP contribution in [0.15, 0.2) is 53.6 Å². The van der Waals surface area contributed by atoms with Gasteiger partial charge in [0.2, 0.25) is 0 Å². The number of hydrogen-bond donors (Lipinski definition) is 1. The van der Waals surface area contributed by atoms with Gasteiger partial charge in [-0.15, -0.1) is 0 Å². The Morgan fingerprint density at radius 3 is 2.35 bits per heavy atom. The van der Waals surface area contributed by atoms with E-state index in [0.29, 0.717) is 23.6 Å². The van der Waals surface area contributed by atoms with Crippen molar-refractivity contribution in [1.29, 1.82) is 0 Å². The van der Waals surface area contributed by atoms with Gasteiger partial charge >= 0.3 is 5.97 Å². The molecular formula is C24H27N3O4. The molecule has 1 heterocycles. The lowest BCUT2D eigenvalue weighted by atomic mass is 10.2. The van der Waals surface area contributed by atoms with Crippen molar-refractivity contribution in [2.24, 2.45) is 5.10 Å². The van der Waals surface area contributed by atoms with Gasteiger partial charge in [-0.25, -0.2) is 4.79 Å². The van der Waals surface area contributed by atoms with Crippen LogP contribution in [0.25, 0.3) is 5.69 Å². The van der Waals surface area contributed by atoms with Gasteiger partial charge in [-0.3, -0.25) is 0 Å². The van der Waals surface area contributed by atoms with E-state index in [9.17, 15) is 4.79 Å². The van der Waals surface area contributed by atoms with E-state index in [1.807, 2.05) is 50.4 Å². The van der Waals surface area contributed by atoms with Crippen molar-refractivity contribution >= 4 is 12.2 Å². The molecule has 31 heavy (non-hydrogen) atoms. The average molecular weight is 421 g/mol. The number of carbonyl (C=O) groups excluding carboxylic acids is 1. The van der Waals surface area contributed by atoms with Gasteiger partial charge in [-0.1, -0.05) is 6.07 Å². The molecule has 0 spiro atoms. The molecule has 0 fully saturated rings. The fourth-order valence-electron chi connectivity index (χ4n) is 3.42. The molecule has 0 unspecified atom stereocenters. The molecule has 2 aromatic carbocycles. The molecule has 7 nitrogen and oxygen atoms in total. The van der Waals surface area contributed by atoms with Crippen LogP contribution in [-0.2, 0) is 11.3 Å². The third kappa shape index (κ3) is 4.88. The molecular weight excluding hydrogens is 394 g/mol. The predicted octanol–water partition coefficient (Wildman–Crippen LogP) is 4.02. The number of esters is 1. The van der Waals surface area contributed by atoms with Gasteiger partial charge in [0.25, 0.3) is 0 Å². The highest BCUT2D eigenvalue weighted by molar-refractivity contribution is 5.89. The third-order valence-electron chi connectivity index (χ3n) is 5.04. The van der Waals surface area contributed by atoms with Crippen molar-refractivity contribution in [3.63, 3.8) is 0 Å². The molecule has 0 aliphatic rings. The number of rotatable bonds is 8. The summed E-state index contributed by atoms with van der Waals surface area (Å²) >= 11 is 0. The van der Waals surface area contributed by atoms with E-state index in [4.69, 9.17) is 14.2 Å². The second-order valence-corrected chi connectivity index (χ2v) is 6.98. The Morgan fingerprint density at radius 2 is 1.71 bits per heavy atom. The second kappa shape index (κ2) is 9.84. The maximum absolute atomic E-state index is 11.6. The largest absolute Gasteiger partial charge is 0.493 e. The van der Waals surface area contributed by atoms with Crippen molar-refractivity contribution < 1.29 is 19.0 Å². The van der Waals surface area contributed by atoms with Gasteiger partial charge in [0.05, 0.1) is 39.7 Å². The number of aryl methyl sites for hydroxylation is 1. The van der Waals surface area contributed by atoms with Crippen LogP contribution >= 0.6 is 0 Å². The standard InChI is InChI=1S/C24H27N3O4/c1-16-12-20(15-26-25-14-18-6-11-22(29-3)23(13-18)30-4)17(2)27(16)21-9-7-19(8-10-21)24(28)31-5/h6-13,15,25H,14H2,1-5H3/b26-15+. The predicted molar refractivity (Wildman–Crippen MR) is 121 cm³/mol. The highest BCUT2D eigenvalue weighted by Crippen LogP contribution is 2.27. The fourth-order valence-corrected chi connectivity index (χ4v) is 3.42. The van der Waals surface area contributed by atoms with Crippen LogP contribution in [-0.4, -0.2) is 38.1 Å². The Hall–Kier alpha value is -3.74. The minimum atomic E-state index is -0.346. The molecule has 0 aliphatic heterocycles. The van der Waals surface area contributed by atoms with Crippen LogP contribution in [0, 0.1) is 13.8 Å². The molecule has 1 aromatic heterocycles. The molecule has 1 N–H and O–H groups in total. The monoisotopic (exact) mass is 421 g/mol. The number of aromatic nitrogens is 1. The Kier molecular flexibility index (Phi) is 6.97. The van der Waals surface area contributed by atoms with Crippen LogP contribution in [0.2, 0.25) is 0 Å². The Balaban J connectivity index is 1.71. The summed E-state index contributed by atoms with van der Waals surface area (Å²) in [6.07, 6.45) is 1.81. The zero-order chi connectivity index (χ0) is 22.4. The highest BCUT2D eigenvalue weighted by atomic mass is 16.5. The molecule has 7 heteroatoms. The first-order valence-corrected chi connectivity index (χ1v) is 9.83. The smallest absolute Gasteiger partial charge is 0.337 e. The van der Waals surface area contributed by atoms with Gasteiger partial charge in [0.1, 0.15) is 0 Å². The van der Waals surface area contributed by atoms with Gasteiger partial charge < -0.3 is 24.2 Å². The van der Waals surface area contributed by atoms with Crippen LogP contribution < -0.4 is 14.9 Å². The van der Waals surface area contributed by atoms with Crippen molar-refractivity contribution in [3.8, 4) is 17.2 Å². The molecule has 0 bridgehead atoms. The first kappa shape index (κ1) is 22.0. The van der Waals surface area contributed by atoms with Crippen molar-refractivity contribution in [3.05, 3.63) is 76.6 Å². The summed E-state index contributed by atoms with van der Waals surface area (Å²) in [6.45, 7) is 4.64. The van der Waals surface area contributed by atoms with Crippen LogP contribution in [0.1, 0.15) is 32.9 Å². The van der Waals surface area contributed by atoms with Crippen LogP contribution in [0.5, 0.6) is 11.5 Å². The summed E-state index contributed by atoms with van der Waals surface area (Å²) in [6, 6.07) is 15.2. The molecule has 0 amide bonds. The summed E-state index contributed by atoms with van der Waals surface area (Å²) in [5, 5.41) is 4.37. The van der Waals surface area contributed by atoms with E-state index in [1.165, 1.54) is 7.11 Å². The first-order chi connectivity index (χ1) is 15.0. The van der Waals surface area contributed by atoms with Crippen LogP contribution in [0.4, 0.5) is 0 Å². The molecule has 3 rings (SSSR count). The average Bonchev–Trinajstić information content (AvgIpc) is 3.08. The minimum Gasteiger partial charge on any atom is -0.493 e. The van der Waals surface area contributed by atoms with E-state index in [-0.39, 0.29) is 5.97 Å². The maximum atomic E-state index is 11.6. The minimum absolute atomic E-state index is 0.346. The SMILES string of the molecule is COC(=O)c1ccc(-n2c(C)cc(/C=N/NCc3ccc(OC)c(OC)c3)c2C)cc1. The van der Waals surface area contributed by atoms with E-state index in [2.05, 4.69) is 21.2 Å². The van der Waals surface area contributed by atoms with Gasteiger partial charge in [-0.05, 0) is 61.9 Å². The Morgan fingerprint density at radius 1 is 1.00 bits per heavy atom. The fraction of sp³-hybridized carbons (Fsp3) is 0.250. The lowest BCUT2D eigenvalue weighted by Gasteiger charge is -2.10. The van der Waals surface area contributed by atoms with Gasteiger partial charge in [0.15, 0.2) is 11.5 Å². The molecule has 0 saturated carbocycles. The Bertz CT molecular complexity index is 1080. The van der Waals surface area contributed by atoms with E-state index >= 15 is 0 Å².